The van der Waals surface area contributed by atoms with Crippen molar-refractivity contribution in [2.75, 3.05) is 12.4 Å². The van der Waals surface area contributed by atoms with Crippen molar-refractivity contribution in [3.8, 4) is 23.1 Å². The summed E-state index contributed by atoms with van der Waals surface area (Å²) < 4.78 is 5.16. The Morgan fingerprint density at radius 3 is 2.65 bits per heavy atom. The van der Waals surface area contributed by atoms with E-state index in [2.05, 4.69) is 16.4 Å². The molecule has 0 saturated heterocycles. The van der Waals surface area contributed by atoms with E-state index in [0.717, 1.165) is 17.0 Å². The fraction of sp³-hybridized carbons (Fsp3) is 0.0526. The second kappa shape index (κ2) is 8.24. The van der Waals surface area contributed by atoms with Gasteiger partial charge in [0.05, 0.1) is 23.5 Å². The van der Waals surface area contributed by atoms with Crippen molar-refractivity contribution in [2.24, 2.45) is 0 Å². The molecule has 7 heteroatoms. The molecule has 0 radical (unpaired) electrons. The first-order valence-electron chi connectivity index (χ1n) is 7.53. The maximum absolute atomic E-state index is 9.46. The largest absolute Gasteiger partial charge is 0.497 e. The minimum Gasteiger partial charge on any atom is -0.497 e. The van der Waals surface area contributed by atoms with Crippen molar-refractivity contribution >= 4 is 45.8 Å². The smallest absolute Gasteiger partial charge is 0.136 e. The van der Waals surface area contributed by atoms with Gasteiger partial charge in [-0.1, -0.05) is 23.2 Å². The topological polar surface area (TPSA) is 57.9 Å². The number of anilines is 1. The van der Waals surface area contributed by atoms with Crippen LogP contribution in [0.25, 0.3) is 16.8 Å². The van der Waals surface area contributed by atoms with Crippen molar-refractivity contribution in [1.82, 2.24) is 4.98 Å². The monoisotopic (exact) mass is 401 g/mol. The van der Waals surface area contributed by atoms with Gasteiger partial charge in [0.15, 0.2) is 0 Å². The Balaban J connectivity index is 1.82. The lowest BCUT2D eigenvalue weighted by Gasteiger charge is -2.04. The van der Waals surface area contributed by atoms with Crippen LogP contribution in [0.15, 0.2) is 54.0 Å². The maximum atomic E-state index is 9.46. The van der Waals surface area contributed by atoms with Crippen molar-refractivity contribution in [3.63, 3.8) is 0 Å². The Morgan fingerprint density at radius 2 is 2.00 bits per heavy atom. The fourth-order valence-electron chi connectivity index (χ4n) is 2.19. The summed E-state index contributed by atoms with van der Waals surface area (Å²) in [4.78, 5) is 4.55. The van der Waals surface area contributed by atoms with Crippen LogP contribution in [0, 0.1) is 11.3 Å². The van der Waals surface area contributed by atoms with Crippen LogP contribution >= 0.6 is 34.5 Å². The van der Waals surface area contributed by atoms with Crippen molar-refractivity contribution in [1.29, 1.82) is 5.26 Å². The highest BCUT2D eigenvalue weighted by molar-refractivity contribution is 7.11. The summed E-state index contributed by atoms with van der Waals surface area (Å²) in [5.41, 5.74) is 2.84. The summed E-state index contributed by atoms with van der Waals surface area (Å²) in [5.74, 6) is 0.783. The zero-order valence-corrected chi connectivity index (χ0v) is 16.0. The number of allylic oxidation sites excluding steroid dienone is 1. The standard InChI is InChI=1S/C19H13Cl2N3OS/c1-25-15-5-2-12(3-6-15)18-11-26-19(24-18)13(9-22)10-23-17-7-4-14(20)8-16(17)21/h2-8,10-11,23H,1H3/b13-10-. The van der Waals surface area contributed by atoms with E-state index in [0.29, 0.717) is 26.3 Å². The van der Waals surface area contributed by atoms with Crippen molar-refractivity contribution < 1.29 is 4.74 Å². The number of nitrogens with one attached hydrogen (secondary N) is 1. The van der Waals surface area contributed by atoms with Crippen molar-refractivity contribution in [2.45, 2.75) is 0 Å². The van der Waals surface area contributed by atoms with Crippen LogP contribution in [0.2, 0.25) is 10.0 Å². The average Bonchev–Trinajstić information content (AvgIpc) is 3.14. The molecule has 2 aromatic carbocycles. The number of benzene rings is 2. The van der Waals surface area contributed by atoms with E-state index in [9.17, 15) is 5.26 Å². The molecule has 0 saturated carbocycles. The lowest BCUT2D eigenvalue weighted by molar-refractivity contribution is 0.415. The highest BCUT2D eigenvalue weighted by Gasteiger charge is 2.09. The molecule has 130 valence electrons. The quantitative estimate of drug-likeness (QED) is 0.524. The molecule has 0 bridgehead atoms. The molecule has 0 aliphatic carbocycles. The van der Waals surface area contributed by atoms with E-state index in [1.165, 1.54) is 11.3 Å². The predicted molar refractivity (Wildman–Crippen MR) is 108 cm³/mol. The Kier molecular flexibility index (Phi) is 5.79. The van der Waals surface area contributed by atoms with Gasteiger partial charge in [-0.15, -0.1) is 11.3 Å². The Morgan fingerprint density at radius 1 is 1.23 bits per heavy atom. The molecule has 0 aliphatic heterocycles. The van der Waals surface area contributed by atoms with Gasteiger partial charge < -0.3 is 10.1 Å². The first-order chi connectivity index (χ1) is 12.6. The molecule has 0 amide bonds. The molecule has 0 atom stereocenters. The SMILES string of the molecule is COc1ccc(-c2csc(/C(C#N)=C\Nc3ccc(Cl)cc3Cl)n2)cc1. The third-order valence-corrected chi connectivity index (χ3v) is 4.97. The molecule has 0 unspecified atom stereocenters. The molecule has 3 rings (SSSR count). The lowest BCUT2D eigenvalue weighted by Crippen LogP contribution is -1.92. The van der Waals surface area contributed by atoms with Gasteiger partial charge in [0.1, 0.15) is 22.4 Å². The maximum Gasteiger partial charge on any atom is 0.136 e. The summed E-state index contributed by atoms with van der Waals surface area (Å²) in [6.45, 7) is 0. The van der Waals surface area contributed by atoms with Crippen LogP contribution in [0.3, 0.4) is 0 Å². The van der Waals surface area contributed by atoms with Crippen LogP contribution in [-0.4, -0.2) is 12.1 Å². The number of rotatable bonds is 5. The zero-order chi connectivity index (χ0) is 18.5. The predicted octanol–water partition coefficient (Wildman–Crippen LogP) is 6.10. The van der Waals surface area contributed by atoms with Crippen LogP contribution in [0.4, 0.5) is 5.69 Å². The summed E-state index contributed by atoms with van der Waals surface area (Å²) >= 11 is 13.4. The number of methoxy groups -OCH3 is 1. The van der Waals surface area contributed by atoms with Gasteiger partial charge in [0, 0.05) is 22.2 Å². The third kappa shape index (κ3) is 4.17. The summed E-state index contributed by atoms with van der Waals surface area (Å²) in [6, 6.07) is 14.9. The van der Waals surface area contributed by atoms with E-state index in [1.807, 2.05) is 29.6 Å². The molecule has 1 heterocycles. The minimum absolute atomic E-state index is 0.417. The van der Waals surface area contributed by atoms with Crippen LogP contribution < -0.4 is 10.1 Å². The van der Waals surface area contributed by atoms with E-state index in [-0.39, 0.29) is 0 Å². The van der Waals surface area contributed by atoms with E-state index in [1.54, 1.807) is 31.5 Å². The number of nitrogens with zero attached hydrogens (tertiary/aromatic N) is 2. The first-order valence-corrected chi connectivity index (χ1v) is 9.16. The van der Waals surface area contributed by atoms with Crippen molar-refractivity contribution in [3.05, 3.63) is 69.1 Å². The van der Waals surface area contributed by atoms with E-state index < -0.39 is 0 Å². The number of hydrogen-bond acceptors (Lipinski definition) is 5. The van der Waals surface area contributed by atoms with Crippen LogP contribution in [-0.2, 0) is 0 Å². The number of ether oxygens (including phenoxy) is 1. The Bertz CT molecular complexity index is 991. The summed E-state index contributed by atoms with van der Waals surface area (Å²) in [5, 5.41) is 16.0. The number of halogens is 2. The van der Waals surface area contributed by atoms with E-state index >= 15 is 0 Å². The number of hydrogen-bond donors (Lipinski definition) is 1. The minimum atomic E-state index is 0.417. The first kappa shape index (κ1) is 18.3. The van der Waals surface area contributed by atoms with Gasteiger partial charge in [-0.05, 0) is 42.5 Å². The van der Waals surface area contributed by atoms with Crippen LogP contribution in [0.1, 0.15) is 5.01 Å². The Hall–Kier alpha value is -2.52. The highest BCUT2D eigenvalue weighted by Crippen LogP contribution is 2.29. The molecule has 4 nitrogen and oxygen atoms in total. The fourth-order valence-corrected chi connectivity index (χ4v) is 3.45. The molecule has 0 spiro atoms. The zero-order valence-electron chi connectivity index (χ0n) is 13.7. The Labute approximate surface area is 165 Å². The summed E-state index contributed by atoms with van der Waals surface area (Å²) in [6.07, 6.45) is 1.59. The van der Waals surface area contributed by atoms with E-state index in [4.69, 9.17) is 27.9 Å². The number of nitriles is 1. The van der Waals surface area contributed by atoms with Gasteiger partial charge in [-0.3, -0.25) is 0 Å². The van der Waals surface area contributed by atoms with Gasteiger partial charge >= 0.3 is 0 Å². The molecule has 26 heavy (non-hydrogen) atoms. The molecular formula is C19H13Cl2N3OS. The van der Waals surface area contributed by atoms with Crippen LogP contribution in [0.5, 0.6) is 5.75 Å². The molecule has 1 N–H and O–H groups in total. The number of thiazole rings is 1. The molecule has 0 aliphatic rings. The summed E-state index contributed by atoms with van der Waals surface area (Å²) in [7, 11) is 1.62. The van der Waals surface area contributed by atoms with Gasteiger partial charge in [0.25, 0.3) is 0 Å². The van der Waals surface area contributed by atoms with Gasteiger partial charge in [0.2, 0.25) is 0 Å². The molecular weight excluding hydrogens is 389 g/mol. The second-order valence-corrected chi connectivity index (χ2v) is 6.91. The van der Waals surface area contributed by atoms with Gasteiger partial charge in [-0.25, -0.2) is 4.98 Å². The second-order valence-electron chi connectivity index (χ2n) is 5.20. The number of aromatic nitrogens is 1. The molecule has 3 aromatic rings. The normalized spacial score (nSPS) is 11.1. The highest BCUT2D eigenvalue weighted by atomic mass is 35.5. The molecule has 0 fully saturated rings. The average molecular weight is 402 g/mol. The van der Waals surface area contributed by atoms with Gasteiger partial charge in [-0.2, -0.15) is 5.26 Å². The lowest BCUT2D eigenvalue weighted by atomic mass is 10.2. The third-order valence-electron chi connectivity index (χ3n) is 3.54. The molecule has 1 aromatic heterocycles.